The van der Waals surface area contributed by atoms with Crippen LogP contribution >= 0.6 is 0 Å². The lowest BCUT2D eigenvalue weighted by Gasteiger charge is -2.34. The fourth-order valence-corrected chi connectivity index (χ4v) is 2.67. The molecule has 2 heterocycles. The van der Waals surface area contributed by atoms with Crippen LogP contribution in [0.15, 0.2) is 35.3 Å². The molecule has 23 heavy (non-hydrogen) atoms. The van der Waals surface area contributed by atoms with Gasteiger partial charge < -0.3 is 16.2 Å². The number of nitrogens with zero attached hydrogens (tertiary/aromatic N) is 3. The molecule has 4 N–H and O–H groups in total. The van der Waals surface area contributed by atoms with Gasteiger partial charge in [-0.05, 0) is 44.2 Å². The van der Waals surface area contributed by atoms with Gasteiger partial charge in [0.05, 0.1) is 11.4 Å². The Morgan fingerprint density at radius 2 is 2.04 bits per heavy atom. The van der Waals surface area contributed by atoms with E-state index in [0.717, 1.165) is 5.69 Å². The lowest BCUT2D eigenvalue weighted by atomic mass is 10.0. The number of fused-ring (bicyclic) bond motifs is 3. The fraction of sp³-hybridized carbons (Fsp3) is 0.188. The van der Waals surface area contributed by atoms with Gasteiger partial charge in [0, 0.05) is 5.56 Å². The summed E-state index contributed by atoms with van der Waals surface area (Å²) in [7, 11) is 0. The Bertz CT molecular complexity index is 882. The zero-order valence-electron chi connectivity index (χ0n) is 12.7. The highest BCUT2D eigenvalue weighted by Gasteiger charge is 2.34. The van der Waals surface area contributed by atoms with Gasteiger partial charge in [0.25, 0.3) is 5.91 Å². The van der Waals surface area contributed by atoms with Crippen molar-refractivity contribution in [1.82, 2.24) is 4.57 Å². The summed E-state index contributed by atoms with van der Waals surface area (Å²) in [6.07, 6.45) is 0. The normalized spacial score (nSPS) is 14.0. The van der Waals surface area contributed by atoms with E-state index in [1.807, 2.05) is 19.9 Å². The number of rotatable bonds is 1. The second kappa shape index (κ2) is 4.88. The Kier molecular flexibility index (Phi) is 3.11. The first-order valence-corrected chi connectivity index (χ1v) is 6.93. The van der Waals surface area contributed by atoms with Gasteiger partial charge in [-0.1, -0.05) is 0 Å². The van der Waals surface area contributed by atoms with Crippen LogP contribution in [-0.2, 0) is 5.60 Å². The first-order valence-electron chi connectivity index (χ1n) is 6.93. The van der Waals surface area contributed by atoms with Gasteiger partial charge in [-0.15, -0.1) is 0 Å². The zero-order valence-corrected chi connectivity index (χ0v) is 12.7. The van der Waals surface area contributed by atoms with Crippen molar-refractivity contribution in [3.8, 4) is 17.5 Å². The van der Waals surface area contributed by atoms with Crippen molar-refractivity contribution in [3.05, 3.63) is 47.3 Å². The van der Waals surface area contributed by atoms with Gasteiger partial charge in [-0.2, -0.15) is 10.3 Å². The number of aliphatic imine (C=N–C) groups is 1. The van der Waals surface area contributed by atoms with Crippen LogP contribution in [0.2, 0.25) is 0 Å². The molecule has 1 aliphatic rings. The Balaban J connectivity index is 2.21. The van der Waals surface area contributed by atoms with Crippen LogP contribution in [0.25, 0.3) is 5.69 Å². The van der Waals surface area contributed by atoms with Crippen molar-refractivity contribution in [1.29, 1.82) is 5.26 Å². The summed E-state index contributed by atoms with van der Waals surface area (Å²) < 4.78 is 7.78. The minimum atomic E-state index is -0.590. The second-order valence-electron chi connectivity index (χ2n) is 5.69. The predicted octanol–water partition coefficient (Wildman–Crippen LogP) is 1.39. The first-order chi connectivity index (χ1) is 10.8. The van der Waals surface area contributed by atoms with Crippen LogP contribution in [0.3, 0.4) is 0 Å². The van der Waals surface area contributed by atoms with E-state index in [1.54, 1.807) is 28.8 Å². The van der Waals surface area contributed by atoms with E-state index in [1.165, 1.54) is 0 Å². The number of guanidine groups is 1. The number of carbonyl (C=O) groups is 1. The molecule has 0 saturated carbocycles. The summed E-state index contributed by atoms with van der Waals surface area (Å²) in [5, 5.41) is 9.34. The molecule has 2 aromatic rings. The lowest BCUT2D eigenvalue weighted by molar-refractivity contribution is 0.0922. The highest BCUT2D eigenvalue weighted by Crippen LogP contribution is 2.40. The smallest absolute Gasteiger partial charge is 0.280 e. The Labute approximate surface area is 132 Å². The van der Waals surface area contributed by atoms with E-state index in [0.29, 0.717) is 22.7 Å². The van der Waals surface area contributed by atoms with Gasteiger partial charge in [-0.3, -0.25) is 9.36 Å². The van der Waals surface area contributed by atoms with Crippen LogP contribution in [0.4, 0.5) is 0 Å². The monoisotopic (exact) mass is 309 g/mol. The third-order valence-electron chi connectivity index (χ3n) is 3.65. The maximum atomic E-state index is 12.0. The van der Waals surface area contributed by atoms with E-state index < -0.39 is 11.5 Å². The molecule has 0 radical (unpaired) electrons. The number of carbonyl (C=O) groups excluding carboxylic acids is 1. The van der Waals surface area contributed by atoms with Crippen molar-refractivity contribution in [2.45, 2.75) is 19.4 Å². The van der Waals surface area contributed by atoms with Crippen LogP contribution < -0.4 is 16.2 Å². The molecule has 0 bridgehead atoms. The van der Waals surface area contributed by atoms with Crippen molar-refractivity contribution in [3.63, 3.8) is 0 Å². The quantitative estimate of drug-likeness (QED) is 0.609. The summed E-state index contributed by atoms with van der Waals surface area (Å²) in [5.74, 6) is -0.272. The maximum absolute atomic E-state index is 12.0. The van der Waals surface area contributed by atoms with Gasteiger partial charge in [0.15, 0.2) is 5.96 Å². The van der Waals surface area contributed by atoms with Crippen LogP contribution in [0.5, 0.6) is 5.75 Å². The molecule has 1 aromatic carbocycles. The molecule has 1 aliphatic heterocycles. The Morgan fingerprint density at radius 1 is 1.30 bits per heavy atom. The molecule has 7 heteroatoms. The number of aromatic nitrogens is 1. The fourth-order valence-electron chi connectivity index (χ4n) is 2.67. The van der Waals surface area contributed by atoms with Crippen molar-refractivity contribution >= 4 is 11.9 Å². The van der Waals surface area contributed by atoms with Gasteiger partial charge in [0.2, 0.25) is 0 Å². The summed E-state index contributed by atoms with van der Waals surface area (Å²) in [4.78, 5) is 15.5. The van der Waals surface area contributed by atoms with Gasteiger partial charge in [-0.25, -0.2) is 0 Å². The van der Waals surface area contributed by atoms with E-state index in [4.69, 9.17) is 16.2 Å². The van der Waals surface area contributed by atoms with Gasteiger partial charge in [0.1, 0.15) is 23.1 Å². The van der Waals surface area contributed by atoms with E-state index in [9.17, 15) is 10.1 Å². The minimum absolute atomic E-state index is 0.301. The molecule has 0 fully saturated rings. The number of amides is 1. The van der Waals surface area contributed by atoms with E-state index >= 15 is 0 Å². The van der Waals surface area contributed by atoms with Crippen LogP contribution in [0.1, 0.15) is 35.6 Å². The molecule has 0 atom stereocenters. The molecule has 1 aromatic heterocycles. The number of benzene rings is 1. The Hall–Kier alpha value is -3.27. The van der Waals surface area contributed by atoms with E-state index in [-0.39, 0.29) is 5.96 Å². The highest BCUT2D eigenvalue weighted by atomic mass is 16.5. The molecule has 3 rings (SSSR count). The summed E-state index contributed by atoms with van der Waals surface area (Å²) in [6, 6.07) is 10.6. The van der Waals surface area contributed by atoms with Gasteiger partial charge >= 0.3 is 0 Å². The molecular formula is C16H15N5O2. The third-order valence-corrected chi connectivity index (χ3v) is 3.65. The van der Waals surface area contributed by atoms with Crippen molar-refractivity contribution in [2.24, 2.45) is 16.5 Å². The standard InChI is InChI=1S/C16H15N5O2/c1-16(2)13-6-4-10(8-17)21(13)11-7-9(3-5-12(11)23-16)14(22)20-15(18)19/h3-7H,1-2H3,(H4,18,19,20,22). The molecule has 0 unspecified atom stereocenters. The summed E-state index contributed by atoms with van der Waals surface area (Å²) in [6.45, 7) is 3.84. The maximum Gasteiger partial charge on any atom is 0.280 e. The van der Waals surface area contributed by atoms with Crippen molar-refractivity contribution < 1.29 is 9.53 Å². The molecule has 116 valence electrons. The molecule has 0 aliphatic carbocycles. The number of nitriles is 1. The third kappa shape index (κ3) is 2.30. The molecule has 0 spiro atoms. The molecule has 7 nitrogen and oxygen atoms in total. The summed E-state index contributed by atoms with van der Waals surface area (Å²) in [5.41, 5.74) is 12.1. The average Bonchev–Trinajstić information content (AvgIpc) is 2.91. The largest absolute Gasteiger partial charge is 0.479 e. The predicted molar refractivity (Wildman–Crippen MR) is 84.3 cm³/mol. The number of ether oxygens (including phenoxy) is 1. The minimum Gasteiger partial charge on any atom is -0.479 e. The second-order valence-corrected chi connectivity index (χ2v) is 5.69. The first kappa shape index (κ1) is 14.7. The average molecular weight is 309 g/mol. The molecule has 1 amide bonds. The highest BCUT2D eigenvalue weighted by molar-refractivity contribution is 6.02. The zero-order chi connectivity index (χ0) is 16.8. The van der Waals surface area contributed by atoms with Crippen LogP contribution in [-0.4, -0.2) is 16.4 Å². The number of hydrogen-bond acceptors (Lipinski definition) is 3. The van der Waals surface area contributed by atoms with Crippen molar-refractivity contribution in [2.75, 3.05) is 0 Å². The topological polar surface area (TPSA) is 119 Å². The molecular weight excluding hydrogens is 294 g/mol. The number of nitrogens with two attached hydrogens (primary N) is 2. The Morgan fingerprint density at radius 3 is 2.70 bits per heavy atom. The SMILES string of the molecule is CC1(C)Oc2ccc(C(=O)N=C(N)N)cc2-n2c(C#N)ccc21. The molecule has 0 saturated heterocycles. The van der Waals surface area contributed by atoms with Crippen LogP contribution in [0, 0.1) is 11.3 Å². The van der Waals surface area contributed by atoms with E-state index in [2.05, 4.69) is 11.1 Å². The summed E-state index contributed by atoms with van der Waals surface area (Å²) >= 11 is 0. The number of hydrogen-bond donors (Lipinski definition) is 2. The lowest BCUT2D eigenvalue weighted by Crippen LogP contribution is -2.32.